The van der Waals surface area contributed by atoms with Crippen molar-refractivity contribution in [3.05, 3.63) is 34.6 Å². The van der Waals surface area contributed by atoms with Gasteiger partial charge in [0.05, 0.1) is 6.10 Å². The van der Waals surface area contributed by atoms with Gasteiger partial charge in [0.2, 0.25) is 0 Å². The molecule has 1 aromatic rings. The number of aliphatic hydroxyl groups excluding tert-OH is 1. The highest BCUT2D eigenvalue weighted by molar-refractivity contribution is 6.30. The van der Waals surface area contributed by atoms with Crippen molar-refractivity contribution in [2.75, 3.05) is 6.54 Å². The molecular weight excluding hydrogens is 277 g/mol. The predicted octanol–water partition coefficient (Wildman–Crippen LogP) is 3.99. The number of hydrogen-bond acceptors (Lipinski definition) is 2. The van der Waals surface area contributed by atoms with E-state index in [0.29, 0.717) is 23.2 Å². The zero-order chi connectivity index (χ0) is 14.5. The maximum absolute atomic E-state index is 13.9. The van der Waals surface area contributed by atoms with Crippen LogP contribution in [0.15, 0.2) is 18.2 Å². The lowest BCUT2D eigenvalue weighted by atomic mass is 10.0. The Kier molecular flexibility index (Phi) is 5.82. The van der Waals surface area contributed by atoms with Gasteiger partial charge in [-0.15, -0.1) is 0 Å². The van der Waals surface area contributed by atoms with Gasteiger partial charge in [-0.05, 0) is 44.9 Å². The number of halogens is 2. The van der Waals surface area contributed by atoms with Gasteiger partial charge in [0.15, 0.2) is 0 Å². The van der Waals surface area contributed by atoms with Gasteiger partial charge in [0.1, 0.15) is 5.82 Å². The maximum Gasteiger partial charge on any atom is 0.129 e. The van der Waals surface area contributed by atoms with Gasteiger partial charge in [0, 0.05) is 23.2 Å². The molecule has 112 valence electrons. The Morgan fingerprint density at radius 1 is 1.40 bits per heavy atom. The summed E-state index contributed by atoms with van der Waals surface area (Å²) in [5.74, 6) is -0.238. The van der Waals surface area contributed by atoms with E-state index >= 15 is 0 Å². The minimum absolute atomic E-state index is 0.238. The fourth-order valence-corrected chi connectivity index (χ4v) is 3.13. The van der Waals surface area contributed by atoms with E-state index in [1.807, 2.05) is 6.92 Å². The average Bonchev–Trinajstić information content (AvgIpc) is 2.58. The normalized spacial score (nSPS) is 22.5. The molecule has 0 bridgehead atoms. The fraction of sp³-hybridized carbons (Fsp3) is 0.625. The monoisotopic (exact) mass is 299 g/mol. The molecule has 2 nitrogen and oxygen atoms in total. The van der Waals surface area contributed by atoms with Gasteiger partial charge >= 0.3 is 0 Å². The Hall–Kier alpha value is -0.640. The maximum atomic E-state index is 13.9. The Balaban J connectivity index is 2.10. The van der Waals surface area contributed by atoms with Gasteiger partial charge in [-0.1, -0.05) is 30.5 Å². The predicted molar refractivity (Wildman–Crippen MR) is 80.4 cm³/mol. The third-order valence-electron chi connectivity index (χ3n) is 4.00. The summed E-state index contributed by atoms with van der Waals surface area (Å²) in [6.07, 6.45) is 5.09. The SMILES string of the molecule is CC(O)CC1CCCCCN1Cc1ccc(Cl)cc1F. The largest absolute Gasteiger partial charge is 0.393 e. The average molecular weight is 300 g/mol. The molecular formula is C16H23ClFNO. The first-order valence-corrected chi connectivity index (χ1v) is 7.80. The van der Waals surface area contributed by atoms with Gasteiger partial charge in [-0.2, -0.15) is 0 Å². The Morgan fingerprint density at radius 3 is 2.90 bits per heavy atom. The molecule has 0 saturated carbocycles. The molecule has 0 spiro atoms. The lowest BCUT2D eigenvalue weighted by Crippen LogP contribution is -2.36. The first-order chi connectivity index (χ1) is 9.56. The lowest BCUT2D eigenvalue weighted by Gasteiger charge is -2.31. The van der Waals surface area contributed by atoms with Crippen molar-refractivity contribution in [1.29, 1.82) is 0 Å². The van der Waals surface area contributed by atoms with E-state index in [1.165, 1.54) is 18.9 Å². The number of nitrogens with zero attached hydrogens (tertiary/aromatic N) is 1. The Labute approximate surface area is 125 Å². The Morgan fingerprint density at radius 2 is 2.20 bits per heavy atom. The van der Waals surface area contributed by atoms with Gasteiger partial charge in [-0.3, -0.25) is 4.90 Å². The molecule has 1 aromatic carbocycles. The molecule has 2 rings (SSSR count). The number of benzene rings is 1. The van der Waals surface area contributed by atoms with E-state index < -0.39 is 0 Å². The quantitative estimate of drug-likeness (QED) is 0.908. The summed E-state index contributed by atoms with van der Waals surface area (Å²) >= 11 is 5.80. The molecule has 1 aliphatic rings. The summed E-state index contributed by atoms with van der Waals surface area (Å²) in [6.45, 7) is 3.39. The summed E-state index contributed by atoms with van der Waals surface area (Å²) in [7, 11) is 0. The van der Waals surface area contributed by atoms with Crippen LogP contribution in [0.25, 0.3) is 0 Å². The van der Waals surface area contributed by atoms with E-state index in [-0.39, 0.29) is 11.9 Å². The van der Waals surface area contributed by atoms with Crippen LogP contribution in [-0.4, -0.2) is 28.7 Å². The fourth-order valence-electron chi connectivity index (χ4n) is 2.97. The first-order valence-electron chi connectivity index (χ1n) is 7.42. The van der Waals surface area contributed by atoms with Crippen LogP contribution in [0.2, 0.25) is 5.02 Å². The lowest BCUT2D eigenvalue weighted by molar-refractivity contribution is 0.107. The highest BCUT2D eigenvalue weighted by Gasteiger charge is 2.23. The zero-order valence-corrected chi connectivity index (χ0v) is 12.7. The van der Waals surface area contributed by atoms with E-state index in [0.717, 1.165) is 25.8 Å². The highest BCUT2D eigenvalue weighted by atomic mass is 35.5. The van der Waals surface area contributed by atoms with E-state index in [2.05, 4.69) is 4.90 Å². The zero-order valence-electron chi connectivity index (χ0n) is 12.0. The number of aliphatic hydroxyl groups is 1. The van der Waals surface area contributed by atoms with Crippen molar-refractivity contribution in [3.63, 3.8) is 0 Å². The minimum Gasteiger partial charge on any atom is -0.393 e. The molecule has 1 fully saturated rings. The summed E-state index contributed by atoms with van der Waals surface area (Å²) in [5, 5.41) is 10.1. The van der Waals surface area contributed by atoms with Crippen molar-refractivity contribution in [1.82, 2.24) is 4.90 Å². The van der Waals surface area contributed by atoms with Crippen LogP contribution in [0.3, 0.4) is 0 Å². The third-order valence-corrected chi connectivity index (χ3v) is 4.24. The van der Waals surface area contributed by atoms with Crippen molar-refractivity contribution in [2.24, 2.45) is 0 Å². The van der Waals surface area contributed by atoms with Crippen molar-refractivity contribution in [3.8, 4) is 0 Å². The summed E-state index contributed by atoms with van der Waals surface area (Å²) in [6, 6.07) is 5.22. The molecule has 0 amide bonds. The summed E-state index contributed by atoms with van der Waals surface area (Å²) in [4.78, 5) is 2.31. The van der Waals surface area contributed by atoms with Crippen LogP contribution in [0.5, 0.6) is 0 Å². The van der Waals surface area contributed by atoms with E-state index in [4.69, 9.17) is 11.6 Å². The second-order valence-corrected chi connectivity index (χ2v) is 6.23. The smallest absolute Gasteiger partial charge is 0.129 e. The van der Waals surface area contributed by atoms with Crippen LogP contribution in [0.1, 0.15) is 44.6 Å². The number of hydrogen-bond donors (Lipinski definition) is 1. The minimum atomic E-state index is -0.310. The topological polar surface area (TPSA) is 23.5 Å². The number of likely N-dealkylation sites (tertiary alicyclic amines) is 1. The molecule has 20 heavy (non-hydrogen) atoms. The molecule has 1 aliphatic heterocycles. The molecule has 1 N–H and O–H groups in total. The van der Waals surface area contributed by atoms with Crippen LogP contribution < -0.4 is 0 Å². The molecule has 0 aliphatic carbocycles. The molecule has 2 atom stereocenters. The van der Waals surface area contributed by atoms with Crippen molar-refractivity contribution in [2.45, 2.75) is 57.7 Å². The molecule has 0 aromatic heterocycles. The second kappa shape index (κ2) is 7.39. The van der Waals surface area contributed by atoms with Crippen LogP contribution in [0, 0.1) is 5.82 Å². The third kappa shape index (κ3) is 4.44. The summed E-state index contributed by atoms with van der Waals surface area (Å²) in [5.41, 5.74) is 0.687. The van der Waals surface area contributed by atoms with Gasteiger partial charge in [-0.25, -0.2) is 4.39 Å². The van der Waals surface area contributed by atoms with Gasteiger partial charge in [0.25, 0.3) is 0 Å². The van der Waals surface area contributed by atoms with Crippen molar-refractivity contribution >= 4 is 11.6 Å². The second-order valence-electron chi connectivity index (χ2n) is 5.79. The molecule has 2 unspecified atom stereocenters. The van der Waals surface area contributed by atoms with Gasteiger partial charge < -0.3 is 5.11 Å². The number of rotatable bonds is 4. The molecule has 4 heteroatoms. The van der Waals surface area contributed by atoms with Crippen LogP contribution >= 0.6 is 11.6 Å². The summed E-state index contributed by atoms with van der Waals surface area (Å²) < 4.78 is 13.9. The van der Waals surface area contributed by atoms with E-state index in [1.54, 1.807) is 12.1 Å². The standard InChI is InChI=1S/C16H23ClFNO/c1-12(20)9-15-5-3-2-4-8-19(15)11-13-6-7-14(17)10-16(13)18/h6-7,10,12,15,20H,2-5,8-9,11H2,1H3. The Bertz CT molecular complexity index is 438. The van der Waals surface area contributed by atoms with Crippen molar-refractivity contribution < 1.29 is 9.50 Å². The van der Waals surface area contributed by atoms with Crippen LogP contribution in [-0.2, 0) is 6.54 Å². The molecule has 1 heterocycles. The van der Waals surface area contributed by atoms with E-state index in [9.17, 15) is 9.50 Å². The first kappa shape index (κ1) is 15.7. The molecule has 0 radical (unpaired) electrons. The van der Waals surface area contributed by atoms with Crippen LogP contribution in [0.4, 0.5) is 4.39 Å². The highest BCUT2D eigenvalue weighted by Crippen LogP contribution is 2.24. The molecule has 1 saturated heterocycles.